The summed E-state index contributed by atoms with van der Waals surface area (Å²) in [5.41, 5.74) is 3.49. The van der Waals surface area contributed by atoms with Crippen molar-refractivity contribution in [2.24, 2.45) is 0 Å². The molecule has 3 aromatic carbocycles. The van der Waals surface area contributed by atoms with Crippen LogP contribution in [0.2, 0.25) is 0 Å². The Bertz CT molecular complexity index is 987. The molecule has 3 nitrogen and oxygen atoms in total. The smallest absolute Gasteiger partial charge is 0.175 e. The van der Waals surface area contributed by atoms with Crippen molar-refractivity contribution in [1.82, 2.24) is 0 Å². The molecule has 0 aliphatic rings. The van der Waals surface area contributed by atoms with E-state index in [4.69, 9.17) is 4.74 Å². The summed E-state index contributed by atoms with van der Waals surface area (Å²) in [7, 11) is -1.48. The normalized spacial score (nSPS) is 11.6. The van der Waals surface area contributed by atoms with E-state index >= 15 is 0 Å². The van der Waals surface area contributed by atoms with Crippen molar-refractivity contribution < 1.29 is 13.2 Å². The Balaban J connectivity index is 2.05. The van der Waals surface area contributed by atoms with Gasteiger partial charge in [0.15, 0.2) is 9.84 Å². The van der Waals surface area contributed by atoms with Crippen LogP contribution in [0.15, 0.2) is 59.5 Å². The zero-order valence-corrected chi connectivity index (χ0v) is 14.9. The first-order valence-corrected chi connectivity index (χ1v) is 9.63. The maximum Gasteiger partial charge on any atom is 0.175 e. The highest BCUT2D eigenvalue weighted by Crippen LogP contribution is 2.32. The van der Waals surface area contributed by atoms with Crippen molar-refractivity contribution in [3.63, 3.8) is 0 Å². The molecule has 0 fully saturated rings. The Morgan fingerprint density at radius 1 is 0.958 bits per heavy atom. The number of benzene rings is 3. The molecule has 0 heterocycles. The first-order valence-electron chi connectivity index (χ1n) is 7.74. The molecule has 4 heteroatoms. The van der Waals surface area contributed by atoms with Crippen LogP contribution >= 0.6 is 0 Å². The van der Waals surface area contributed by atoms with E-state index in [2.05, 4.69) is 25.1 Å². The van der Waals surface area contributed by atoms with E-state index in [1.54, 1.807) is 19.2 Å². The molecular formula is C20H20O3S. The van der Waals surface area contributed by atoms with Crippen LogP contribution < -0.4 is 4.74 Å². The summed E-state index contributed by atoms with van der Waals surface area (Å²) < 4.78 is 28.6. The van der Waals surface area contributed by atoms with Crippen molar-refractivity contribution >= 4 is 20.6 Å². The average molecular weight is 340 g/mol. The third-order valence-electron chi connectivity index (χ3n) is 4.26. The van der Waals surface area contributed by atoms with Gasteiger partial charge in [-0.2, -0.15) is 0 Å². The average Bonchev–Trinajstić information content (AvgIpc) is 2.55. The molecule has 3 aromatic rings. The molecule has 0 N–H and O–H groups in total. The van der Waals surface area contributed by atoms with Gasteiger partial charge in [0.2, 0.25) is 0 Å². The lowest BCUT2D eigenvalue weighted by Gasteiger charge is -2.13. The minimum atomic E-state index is -3.16. The summed E-state index contributed by atoms with van der Waals surface area (Å²) >= 11 is 0. The Morgan fingerprint density at radius 2 is 1.67 bits per heavy atom. The van der Waals surface area contributed by atoms with Crippen LogP contribution in [0.3, 0.4) is 0 Å². The topological polar surface area (TPSA) is 43.4 Å². The highest BCUT2D eigenvalue weighted by molar-refractivity contribution is 7.90. The first kappa shape index (κ1) is 16.5. The molecule has 0 aromatic heterocycles. The number of ether oxygens (including phenoxy) is 1. The van der Waals surface area contributed by atoms with Gasteiger partial charge in [0, 0.05) is 11.6 Å². The fraction of sp³-hybridized carbons (Fsp3) is 0.200. The second-order valence-electron chi connectivity index (χ2n) is 6.02. The van der Waals surface area contributed by atoms with Gasteiger partial charge in [0.25, 0.3) is 0 Å². The Hall–Kier alpha value is -2.33. The van der Waals surface area contributed by atoms with Crippen molar-refractivity contribution in [2.45, 2.75) is 18.2 Å². The van der Waals surface area contributed by atoms with E-state index in [9.17, 15) is 8.42 Å². The van der Waals surface area contributed by atoms with Crippen LogP contribution in [-0.2, 0) is 16.3 Å². The summed E-state index contributed by atoms with van der Waals surface area (Å²) in [4.78, 5) is 0.349. The first-order chi connectivity index (χ1) is 11.4. The number of hydrogen-bond acceptors (Lipinski definition) is 3. The predicted octanol–water partition coefficient (Wildman–Crippen LogP) is 4.15. The molecule has 0 saturated carbocycles. The number of methoxy groups -OCH3 is 1. The van der Waals surface area contributed by atoms with Crippen LogP contribution in [-0.4, -0.2) is 21.8 Å². The van der Waals surface area contributed by atoms with Crippen molar-refractivity contribution in [3.05, 3.63) is 71.3 Å². The largest absolute Gasteiger partial charge is 0.496 e. The summed E-state index contributed by atoms with van der Waals surface area (Å²) in [6.45, 7) is 2.10. The van der Waals surface area contributed by atoms with E-state index in [0.29, 0.717) is 4.90 Å². The fourth-order valence-corrected chi connectivity index (χ4v) is 3.68. The zero-order chi connectivity index (χ0) is 17.3. The van der Waals surface area contributed by atoms with Gasteiger partial charge in [-0.1, -0.05) is 36.4 Å². The van der Waals surface area contributed by atoms with E-state index in [1.807, 2.05) is 24.3 Å². The van der Waals surface area contributed by atoms with E-state index in [-0.39, 0.29) is 0 Å². The SMILES string of the molecule is COc1ccc(Cc2ccc(S(C)(=O)=O)cc2)c2c(C)cccc12. The van der Waals surface area contributed by atoms with Gasteiger partial charge >= 0.3 is 0 Å². The molecule has 0 radical (unpaired) electrons. The number of aryl methyl sites for hydroxylation is 1. The molecular weight excluding hydrogens is 320 g/mol. The summed E-state index contributed by atoms with van der Waals surface area (Å²) in [5.74, 6) is 0.866. The maximum atomic E-state index is 11.6. The molecule has 0 unspecified atom stereocenters. The molecule has 24 heavy (non-hydrogen) atoms. The van der Waals surface area contributed by atoms with Gasteiger partial charge in [-0.25, -0.2) is 8.42 Å². The number of hydrogen-bond donors (Lipinski definition) is 0. The Labute approximate surface area is 142 Å². The van der Waals surface area contributed by atoms with Crippen LogP contribution in [0, 0.1) is 6.92 Å². The molecule has 0 saturated heterocycles. The number of fused-ring (bicyclic) bond motifs is 1. The second kappa shape index (κ2) is 6.29. The quantitative estimate of drug-likeness (QED) is 0.716. The van der Waals surface area contributed by atoms with E-state index < -0.39 is 9.84 Å². The van der Waals surface area contributed by atoms with Crippen LogP contribution in [0.4, 0.5) is 0 Å². The van der Waals surface area contributed by atoms with Gasteiger partial charge < -0.3 is 4.74 Å². The number of sulfone groups is 1. The lowest BCUT2D eigenvalue weighted by atomic mass is 9.95. The molecule has 124 valence electrons. The van der Waals surface area contributed by atoms with Crippen molar-refractivity contribution in [3.8, 4) is 5.75 Å². The summed E-state index contributed by atoms with van der Waals surface area (Å²) in [5, 5.41) is 2.30. The zero-order valence-electron chi connectivity index (χ0n) is 14.0. The van der Waals surface area contributed by atoms with Crippen LogP contribution in [0.5, 0.6) is 5.75 Å². The molecule has 0 aliphatic carbocycles. The molecule has 0 amide bonds. The van der Waals surface area contributed by atoms with Gasteiger partial charge in [-0.15, -0.1) is 0 Å². The van der Waals surface area contributed by atoms with Crippen LogP contribution in [0.25, 0.3) is 10.8 Å². The molecule has 3 rings (SSSR count). The van der Waals surface area contributed by atoms with Crippen molar-refractivity contribution in [2.75, 3.05) is 13.4 Å². The second-order valence-corrected chi connectivity index (χ2v) is 8.03. The summed E-state index contributed by atoms with van der Waals surface area (Å²) in [6.07, 6.45) is 1.97. The predicted molar refractivity (Wildman–Crippen MR) is 97.6 cm³/mol. The molecule has 0 spiro atoms. The Morgan fingerprint density at radius 3 is 2.29 bits per heavy atom. The monoisotopic (exact) mass is 340 g/mol. The fourth-order valence-electron chi connectivity index (χ4n) is 3.05. The van der Waals surface area contributed by atoms with Crippen LogP contribution in [0.1, 0.15) is 16.7 Å². The minimum absolute atomic E-state index is 0.349. The lowest BCUT2D eigenvalue weighted by molar-refractivity contribution is 0.419. The highest BCUT2D eigenvalue weighted by Gasteiger charge is 2.10. The van der Waals surface area contributed by atoms with E-state index in [0.717, 1.165) is 23.1 Å². The minimum Gasteiger partial charge on any atom is -0.496 e. The lowest BCUT2D eigenvalue weighted by Crippen LogP contribution is -1.98. The standard InChI is InChI=1S/C20H20O3S/c1-14-5-4-6-18-19(23-2)12-9-16(20(14)18)13-15-7-10-17(11-8-15)24(3,21)22/h4-12H,13H2,1-3H3. The van der Waals surface area contributed by atoms with E-state index in [1.165, 1.54) is 22.8 Å². The highest BCUT2D eigenvalue weighted by atomic mass is 32.2. The van der Waals surface area contributed by atoms with Gasteiger partial charge in [-0.3, -0.25) is 0 Å². The van der Waals surface area contributed by atoms with Crippen molar-refractivity contribution in [1.29, 1.82) is 0 Å². The summed E-state index contributed by atoms with van der Waals surface area (Å²) in [6, 6.07) is 17.4. The molecule has 0 atom stereocenters. The Kier molecular flexibility index (Phi) is 4.33. The molecule has 0 aliphatic heterocycles. The number of rotatable bonds is 4. The van der Waals surface area contributed by atoms with Gasteiger partial charge in [0.1, 0.15) is 5.75 Å². The molecule has 0 bridgehead atoms. The van der Waals surface area contributed by atoms with Gasteiger partial charge in [-0.05, 0) is 53.6 Å². The third kappa shape index (κ3) is 3.15. The maximum absolute atomic E-state index is 11.6. The van der Waals surface area contributed by atoms with Gasteiger partial charge in [0.05, 0.1) is 12.0 Å². The third-order valence-corrected chi connectivity index (χ3v) is 5.39.